The number of aromatic nitrogens is 2. The van der Waals surface area contributed by atoms with E-state index >= 15 is 0 Å². The molecule has 0 aliphatic rings. The second kappa shape index (κ2) is 5.03. The SMILES string of the molecule is Cn1nc(CO[Si](C)(C)C(C)(C)C)cc1C(C)(C)O. The molecule has 0 amide bonds. The predicted octanol–water partition coefficient (Wildman–Crippen LogP) is 3.17. The third-order valence-electron chi connectivity index (χ3n) is 3.94. The molecule has 4 nitrogen and oxygen atoms in total. The van der Waals surface area contributed by atoms with Crippen molar-refractivity contribution < 1.29 is 9.53 Å². The van der Waals surface area contributed by atoms with Crippen molar-refractivity contribution in [1.82, 2.24) is 9.78 Å². The van der Waals surface area contributed by atoms with Gasteiger partial charge in [-0.2, -0.15) is 5.10 Å². The maximum atomic E-state index is 10.0. The van der Waals surface area contributed by atoms with E-state index < -0.39 is 13.9 Å². The molecular formula is C14H28N2O2Si. The van der Waals surface area contributed by atoms with E-state index in [0.717, 1.165) is 11.4 Å². The molecule has 0 spiro atoms. The van der Waals surface area contributed by atoms with Gasteiger partial charge in [-0.1, -0.05) is 20.8 Å². The fourth-order valence-corrected chi connectivity index (χ4v) is 2.58. The topological polar surface area (TPSA) is 47.3 Å². The van der Waals surface area contributed by atoms with Crippen LogP contribution in [-0.4, -0.2) is 23.2 Å². The van der Waals surface area contributed by atoms with E-state index in [0.29, 0.717) is 6.61 Å². The second-order valence-electron chi connectivity index (χ2n) is 7.25. The summed E-state index contributed by atoms with van der Waals surface area (Å²) in [5.74, 6) is 0. The summed E-state index contributed by atoms with van der Waals surface area (Å²) >= 11 is 0. The molecule has 1 aromatic rings. The minimum absolute atomic E-state index is 0.195. The van der Waals surface area contributed by atoms with Gasteiger partial charge in [0.2, 0.25) is 0 Å². The zero-order valence-electron chi connectivity index (χ0n) is 13.5. The van der Waals surface area contributed by atoms with Crippen molar-refractivity contribution in [3.63, 3.8) is 0 Å². The molecule has 0 radical (unpaired) electrons. The first-order valence-corrected chi connectivity index (χ1v) is 9.65. The lowest BCUT2D eigenvalue weighted by Crippen LogP contribution is -2.40. The van der Waals surface area contributed by atoms with Gasteiger partial charge in [0, 0.05) is 7.05 Å². The zero-order chi connectivity index (χ0) is 15.1. The molecule has 1 rings (SSSR count). The van der Waals surface area contributed by atoms with Crippen LogP contribution in [0.15, 0.2) is 6.07 Å². The highest BCUT2D eigenvalue weighted by Crippen LogP contribution is 2.37. The maximum absolute atomic E-state index is 10.0. The van der Waals surface area contributed by atoms with Crippen LogP contribution in [0.25, 0.3) is 0 Å². The number of hydrogen-bond acceptors (Lipinski definition) is 3. The number of rotatable bonds is 4. The van der Waals surface area contributed by atoms with Crippen molar-refractivity contribution in [2.45, 2.75) is 65.0 Å². The Hall–Kier alpha value is -0.653. The van der Waals surface area contributed by atoms with Gasteiger partial charge in [-0.3, -0.25) is 4.68 Å². The summed E-state index contributed by atoms with van der Waals surface area (Å²) in [6, 6.07) is 1.92. The zero-order valence-corrected chi connectivity index (χ0v) is 14.5. The molecule has 1 heterocycles. The van der Waals surface area contributed by atoms with Gasteiger partial charge in [0.1, 0.15) is 5.60 Å². The monoisotopic (exact) mass is 284 g/mol. The third-order valence-corrected chi connectivity index (χ3v) is 8.42. The molecule has 0 aliphatic carbocycles. The largest absolute Gasteiger partial charge is 0.411 e. The van der Waals surface area contributed by atoms with Gasteiger partial charge in [-0.25, -0.2) is 0 Å². The summed E-state index contributed by atoms with van der Waals surface area (Å²) in [6.07, 6.45) is 0. The van der Waals surface area contributed by atoms with Crippen molar-refractivity contribution in [3.8, 4) is 0 Å². The van der Waals surface area contributed by atoms with E-state index in [9.17, 15) is 5.11 Å². The quantitative estimate of drug-likeness (QED) is 0.864. The summed E-state index contributed by atoms with van der Waals surface area (Å²) in [5, 5.41) is 14.7. The lowest BCUT2D eigenvalue weighted by molar-refractivity contribution is 0.0696. The predicted molar refractivity (Wildman–Crippen MR) is 80.4 cm³/mol. The number of aliphatic hydroxyl groups is 1. The Kier molecular flexibility index (Phi) is 4.35. The lowest BCUT2D eigenvalue weighted by atomic mass is 10.1. The molecule has 19 heavy (non-hydrogen) atoms. The Morgan fingerprint density at radius 3 is 2.16 bits per heavy atom. The van der Waals surface area contributed by atoms with Crippen LogP contribution >= 0.6 is 0 Å². The molecular weight excluding hydrogens is 256 g/mol. The highest BCUT2D eigenvalue weighted by Gasteiger charge is 2.37. The summed E-state index contributed by atoms with van der Waals surface area (Å²) < 4.78 is 7.87. The number of hydrogen-bond donors (Lipinski definition) is 1. The fourth-order valence-electron chi connectivity index (χ4n) is 1.64. The van der Waals surface area contributed by atoms with Crippen molar-refractivity contribution in [2.24, 2.45) is 7.05 Å². The summed E-state index contributed by atoms with van der Waals surface area (Å²) in [4.78, 5) is 0. The lowest BCUT2D eigenvalue weighted by Gasteiger charge is -2.35. The molecule has 0 unspecified atom stereocenters. The van der Waals surface area contributed by atoms with E-state index in [-0.39, 0.29) is 5.04 Å². The molecule has 0 bridgehead atoms. The Morgan fingerprint density at radius 2 is 1.79 bits per heavy atom. The third kappa shape index (κ3) is 3.90. The highest BCUT2D eigenvalue weighted by molar-refractivity contribution is 6.74. The Balaban J connectivity index is 2.81. The molecule has 5 heteroatoms. The van der Waals surface area contributed by atoms with Crippen molar-refractivity contribution >= 4 is 8.32 Å². The Labute approximate surface area is 117 Å². The van der Waals surface area contributed by atoms with E-state index in [1.807, 2.05) is 13.1 Å². The van der Waals surface area contributed by atoms with Crippen LogP contribution in [0.3, 0.4) is 0 Å². The van der Waals surface area contributed by atoms with Gasteiger partial charge in [-0.05, 0) is 38.0 Å². The average Bonchev–Trinajstić information content (AvgIpc) is 2.54. The fraction of sp³-hybridized carbons (Fsp3) is 0.786. The van der Waals surface area contributed by atoms with Crippen molar-refractivity contribution in [3.05, 3.63) is 17.5 Å². The standard InChI is InChI=1S/C14H28N2O2Si/c1-13(2,3)19(7,8)18-10-11-9-12(14(4,5)17)16(6)15-11/h9,17H,10H2,1-8H3. The van der Waals surface area contributed by atoms with E-state index in [4.69, 9.17) is 4.43 Å². The van der Waals surface area contributed by atoms with Crippen molar-refractivity contribution in [1.29, 1.82) is 0 Å². The van der Waals surface area contributed by atoms with Gasteiger partial charge >= 0.3 is 0 Å². The molecule has 0 saturated carbocycles. The van der Waals surface area contributed by atoms with Gasteiger partial charge in [0.15, 0.2) is 8.32 Å². The normalized spacial score (nSPS) is 13.9. The molecule has 0 fully saturated rings. The molecule has 0 aromatic carbocycles. The summed E-state index contributed by atoms with van der Waals surface area (Å²) in [7, 11) is 0.0969. The first kappa shape index (κ1) is 16.4. The Morgan fingerprint density at radius 1 is 1.26 bits per heavy atom. The van der Waals surface area contributed by atoms with Crippen molar-refractivity contribution in [2.75, 3.05) is 0 Å². The Bertz CT molecular complexity index is 439. The smallest absolute Gasteiger partial charge is 0.192 e. The van der Waals surface area contributed by atoms with E-state index in [1.165, 1.54) is 0 Å². The van der Waals surface area contributed by atoms with Gasteiger partial charge in [0.05, 0.1) is 18.0 Å². The van der Waals surface area contributed by atoms with Crippen LogP contribution in [-0.2, 0) is 23.7 Å². The first-order valence-electron chi connectivity index (χ1n) is 6.74. The first-order chi connectivity index (χ1) is 8.34. The molecule has 0 atom stereocenters. The van der Waals surface area contributed by atoms with Crippen LogP contribution in [0, 0.1) is 0 Å². The van der Waals surface area contributed by atoms with Crippen LogP contribution in [0.1, 0.15) is 46.0 Å². The number of aryl methyl sites for hydroxylation is 1. The number of nitrogens with zero attached hydrogens (tertiary/aromatic N) is 2. The van der Waals surface area contributed by atoms with E-state index in [1.54, 1.807) is 18.5 Å². The van der Waals surface area contributed by atoms with Gasteiger partial charge in [0.25, 0.3) is 0 Å². The second-order valence-corrected chi connectivity index (χ2v) is 12.1. The molecule has 1 N–H and O–H groups in total. The molecule has 110 valence electrons. The molecule has 0 saturated heterocycles. The van der Waals surface area contributed by atoms with Crippen LogP contribution in [0.5, 0.6) is 0 Å². The van der Waals surface area contributed by atoms with Gasteiger partial charge in [-0.15, -0.1) is 0 Å². The average molecular weight is 284 g/mol. The molecule has 0 aliphatic heterocycles. The van der Waals surface area contributed by atoms with E-state index in [2.05, 4.69) is 39.0 Å². The molecule has 1 aromatic heterocycles. The minimum Gasteiger partial charge on any atom is -0.411 e. The summed E-state index contributed by atoms with van der Waals surface area (Å²) in [5.41, 5.74) is 0.808. The maximum Gasteiger partial charge on any atom is 0.192 e. The van der Waals surface area contributed by atoms with Gasteiger partial charge < -0.3 is 9.53 Å². The summed E-state index contributed by atoms with van der Waals surface area (Å²) in [6.45, 7) is 15.2. The van der Waals surface area contributed by atoms with Crippen LogP contribution < -0.4 is 0 Å². The highest BCUT2D eigenvalue weighted by atomic mass is 28.4. The minimum atomic E-state index is -1.75. The van der Waals surface area contributed by atoms with Crippen LogP contribution in [0.4, 0.5) is 0 Å². The van der Waals surface area contributed by atoms with Crippen LogP contribution in [0.2, 0.25) is 18.1 Å².